The molecular weight excluding hydrogens is 326 g/mol. The Morgan fingerprint density at radius 2 is 1.54 bits per heavy atom. The minimum atomic E-state index is -0.243. The van der Waals surface area contributed by atoms with Crippen molar-refractivity contribution in [3.63, 3.8) is 0 Å². The molecule has 1 amide bonds. The van der Waals surface area contributed by atoms with Gasteiger partial charge in [-0.25, -0.2) is 0 Å². The summed E-state index contributed by atoms with van der Waals surface area (Å²) in [5, 5.41) is 12.5. The van der Waals surface area contributed by atoms with E-state index in [1.807, 2.05) is 49.4 Å². The molecule has 0 bridgehead atoms. The molecule has 0 heterocycles. The lowest BCUT2D eigenvalue weighted by Gasteiger charge is -2.15. The lowest BCUT2D eigenvalue weighted by molar-refractivity contribution is -0.123. The van der Waals surface area contributed by atoms with Crippen molar-refractivity contribution < 1.29 is 14.6 Å². The molecule has 26 heavy (non-hydrogen) atoms. The van der Waals surface area contributed by atoms with Gasteiger partial charge < -0.3 is 15.2 Å². The Morgan fingerprint density at radius 3 is 2.23 bits per heavy atom. The van der Waals surface area contributed by atoms with Gasteiger partial charge in [-0.2, -0.15) is 0 Å². The number of nitrogens with one attached hydrogen (secondary N) is 1. The number of aromatic hydroxyl groups is 1. The van der Waals surface area contributed by atoms with Crippen LogP contribution in [0.2, 0.25) is 0 Å². The lowest BCUT2D eigenvalue weighted by Crippen LogP contribution is -2.31. The number of amides is 1. The number of para-hydroxylation sites is 2. The molecule has 2 N–H and O–H groups in total. The fourth-order valence-electron chi connectivity index (χ4n) is 2.68. The van der Waals surface area contributed by atoms with Gasteiger partial charge in [-0.15, -0.1) is 0 Å². The van der Waals surface area contributed by atoms with Gasteiger partial charge in [0.15, 0.2) is 18.1 Å². The summed E-state index contributed by atoms with van der Waals surface area (Å²) in [5.41, 5.74) is 3.31. The molecule has 3 aromatic carbocycles. The maximum Gasteiger partial charge on any atom is 0.258 e. The van der Waals surface area contributed by atoms with Crippen molar-refractivity contribution in [3.05, 3.63) is 84.4 Å². The monoisotopic (exact) mass is 347 g/mol. The Bertz CT molecular complexity index is 860. The van der Waals surface area contributed by atoms with Gasteiger partial charge in [-0.05, 0) is 35.7 Å². The molecule has 0 aromatic heterocycles. The Balaban J connectivity index is 1.56. The maximum atomic E-state index is 12.1. The highest BCUT2D eigenvalue weighted by molar-refractivity contribution is 5.78. The average molecular weight is 347 g/mol. The van der Waals surface area contributed by atoms with E-state index in [9.17, 15) is 9.90 Å². The topological polar surface area (TPSA) is 58.6 Å². The van der Waals surface area contributed by atoms with Crippen LogP contribution in [0.4, 0.5) is 0 Å². The third-order valence-electron chi connectivity index (χ3n) is 4.12. The van der Waals surface area contributed by atoms with Crippen molar-refractivity contribution in [3.8, 4) is 22.6 Å². The van der Waals surface area contributed by atoms with Crippen LogP contribution in [-0.2, 0) is 4.79 Å². The van der Waals surface area contributed by atoms with E-state index in [1.165, 1.54) is 6.07 Å². The molecule has 3 aromatic rings. The summed E-state index contributed by atoms with van der Waals surface area (Å²) >= 11 is 0. The molecule has 4 nitrogen and oxygen atoms in total. The summed E-state index contributed by atoms with van der Waals surface area (Å²) in [4.78, 5) is 12.1. The van der Waals surface area contributed by atoms with E-state index in [0.29, 0.717) is 5.75 Å². The molecule has 0 aliphatic carbocycles. The number of ether oxygens (including phenoxy) is 1. The van der Waals surface area contributed by atoms with E-state index in [2.05, 4.69) is 17.4 Å². The van der Waals surface area contributed by atoms with Crippen LogP contribution in [0.25, 0.3) is 11.1 Å². The summed E-state index contributed by atoms with van der Waals surface area (Å²) in [6.07, 6.45) is 0. The number of benzene rings is 3. The summed E-state index contributed by atoms with van der Waals surface area (Å²) in [6, 6.07) is 24.7. The van der Waals surface area contributed by atoms with Crippen molar-refractivity contribution >= 4 is 5.91 Å². The van der Waals surface area contributed by atoms with E-state index >= 15 is 0 Å². The number of carbonyl (C=O) groups excluding carboxylic acids is 1. The molecule has 0 aliphatic rings. The SMILES string of the molecule is CC(NC(=O)COc1ccccc1O)c1ccc(-c2ccccc2)cc1. The normalized spacial score (nSPS) is 11.6. The second-order valence-corrected chi connectivity index (χ2v) is 6.03. The molecule has 132 valence electrons. The van der Waals surface area contributed by atoms with E-state index in [1.54, 1.807) is 18.2 Å². The quantitative estimate of drug-likeness (QED) is 0.698. The minimum absolute atomic E-state index is 0.0184. The highest BCUT2D eigenvalue weighted by Crippen LogP contribution is 2.24. The highest BCUT2D eigenvalue weighted by Gasteiger charge is 2.11. The zero-order valence-corrected chi connectivity index (χ0v) is 14.6. The van der Waals surface area contributed by atoms with Crippen LogP contribution in [0.15, 0.2) is 78.9 Å². The summed E-state index contributed by atoms with van der Waals surface area (Å²) in [7, 11) is 0. The van der Waals surface area contributed by atoms with Gasteiger partial charge in [-0.1, -0.05) is 66.7 Å². The number of carbonyl (C=O) groups is 1. The molecule has 0 saturated carbocycles. The summed E-state index contributed by atoms with van der Waals surface area (Å²) < 4.78 is 5.35. The van der Waals surface area contributed by atoms with Gasteiger partial charge in [0.2, 0.25) is 0 Å². The van der Waals surface area contributed by atoms with Crippen molar-refractivity contribution in [1.82, 2.24) is 5.32 Å². The van der Waals surface area contributed by atoms with Crippen LogP contribution < -0.4 is 10.1 Å². The zero-order valence-electron chi connectivity index (χ0n) is 14.6. The third-order valence-corrected chi connectivity index (χ3v) is 4.12. The fraction of sp³-hybridized carbons (Fsp3) is 0.136. The molecule has 0 radical (unpaired) electrons. The van der Waals surface area contributed by atoms with Gasteiger partial charge in [0.05, 0.1) is 6.04 Å². The fourth-order valence-corrected chi connectivity index (χ4v) is 2.68. The van der Waals surface area contributed by atoms with E-state index in [-0.39, 0.29) is 24.3 Å². The zero-order chi connectivity index (χ0) is 18.4. The molecule has 0 aliphatic heterocycles. The minimum Gasteiger partial charge on any atom is -0.504 e. The molecule has 4 heteroatoms. The predicted molar refractivity (Wildman–Crippen MR) is 102 cm³/mol. The van der Waals surface area contributed by atoms with Crippen LogP contribution in [0.1, 0.15) is 18.5 Å². The van der Waals surface area contributed by atoms with Gasteiger partial charge in [0, 0.05) is 0 Å². The number of rotatable bonds is 6. The predicted octanol–water partition coefficient (Wildman–Crippen LogP) is 4.32. The number of phenols is 1. The average Bonchev–Trinajstić information content (AvgIpc) is 2.68. The first-order valence-corrected chi connectivity index (χ1v) is 8.49. The van der Waals surface area contributed by atoms with E-state index < -0.39 is 0 Å². The third kappa shape index (κ3) is 4.42. The van der Waals surface area contributed by atoms with Crippen LogP contribution >= 0.6 is 0 Å². The first-order chi connectivity index (χ1) is 12.6. The Kier molecular flexibility index (Phi) is 5.54. The smallest absolute Gasteiger partial charge is 0.258 e. The van der Waals surface area contributed by atoms with E-state index in [0.717, 1.165) is 16.7 Å². The number of phenolic OH excluding ortho intramolecular Hbond substituents is 1. The van der Waals surface area contributed by atoms with Gasteiger partial charge in [-0.3, -0.25) is 4.79 Å². The molecule has 0 spiro atoms. The van der Waals surface area contributed by atoms with Crippen LogP contribution in [0, 0.1) is 0 Å². The van der Waals surface area contributed by atoms with Gasteiger partial charge in [0.1, 0.15) is 0 Å². The van der Waals surface area contributed by atoms with Crippen molar-refractivity contribution in [1.29, 1.82) is 0 Å². The molecular formula is C22H21NO3. The van der Waals surface area contributed by atoms with Crippen LogP contribution in [0.3, 0.4) is 0 Å². The molecule has 0 saturated heterocycles. The molecule has 1 unspecified atom stereocenters. The van der Waals surface area contributed by atoms with E-state index in [4.69, 9.17) is 4.74 Å². The largest absolute Gasteiger partial charge is 0.504 e. The van der Waals surface area contributed by atoms with Crippen molar-refractivity contribution in [2.45, 2.75) is 13.0 Å². The molecule has 1 atom stereocenters. The Labute approximate surface area is 153 Å². The second kappa shape index (κ2) is 8.21. The highest BCUT2D eigenvalue weighted by atomic mass is 16.5. The van der Waals surface area contributed by atoms with Crippen LogP contribution in [0.5, 0.6) is 11.5 Å². The Morgan fingerprint density at radius 1 is 0.923 bits per heavy atom. The van der Waals surface area contributed by atoms with Crippen molar-refractivity contribution in [2.75, 3.05) is 6.61 Å². The number of hydrogen-bond donors (Lipinski definition) is 2. The van der Waals surface area contributed by atoms with Gasteiger partial charge in [0.25, 0.3) is 5.91 Å². The first kappa shape index (κ1) is 17.5. The Hall–Kier alpha value is -3.27. The molecule has 0 fully saturated rings. The van der Waals surface area contributed by atoms with Crippen molar-refractivity contribution in [2.24, 2.45) is 0 Å². The summed E-state index contributed by atoms with van der Waals surface area (Å²) in [6.45, 7) is 1.78. The molecule has 3 rings (SSSR count). The van der Waals surface area contributed by atoms with Gasteiger partial charge >= 0.3 is 0 Å². The standard InChI is InChI=1S/C22H21NO3/c1-16(23-22(25)15-26-21-10-6-5-9-20(21)24)17-11-13-19(14-12-17)18-7-3-2-4-8-18/h2-14,16,24H,15H2,1H3,(H,23,25). The van der Waals surface area contributed by atoms with Crippen LogP contribution in [-0.4, -0.2) is 17.6 Å². The maximum absolute atomic E-state index is 12.1. The second-order valence-electron chi connectivity index (χ2n) is 6.03. The number of hydrogen-bond acceptors (Lipinski definition) is 3. The first-order valence-electron chi connectivity index (χ1n) is 8.49. The lowest BCUT2D eigenvalue weighted by atomic mass is 10.0. The summed E-state index contributed by atoms with van der Waals surface area (Å²) in [5.74, 6) is 0.0697.